The molecule has 0 bridgehead atoms. The average Bonchev–Trinajstić information content (AvgIpc) is 2.33. The van der Waals surface area contributed by atoms with Crippen LogP contribution in [0.15, 0.2) is 15.4 Å². The fraction of sp³-hybridized carbons (Fsp3) is 0. The smallest absolute Gasteiger partial charge is 0.208 e. The summed E-state index contributed by atoms with van der Waals surface area (Å²) in [7, 11) is 0. The van der Waals surface area contributed by atoms with Gasteiger partial charge in [0.2, 0.25) is 5.84 Å². The zero-order valence-electron chi connectivity index (χ0n) is 5.54. The average molecular weight is 170 g/mol. The minimum atomic E-state index is -0.294. The normalized spacial score (nSPS) is 21.0. The van der Waals surface area contributed by atoms with Crippen LogP contribution < -0.4 is 5.73 Å². The summed E-state index contributed by atoms with van der Waals surface area (Å²) in [5, 5.41) is 30.7. The van der Waals surface area contributed by atoms with Crippen molar-refractivity contribution in [2.24, 2.45) is 21.1 Å². The molecule has 0 spiro atoms. The molecule has 64 valence electrons. The number of hydrazone groups is 2. The van der Waals surface area contributed by atoms with Gasteiger partial charge in [0.15, 0.2) is 11.5 Å². The minimum Gasteiger partial charge on any atom is -0.720 e. The Morgan fingerprint density at radius 3 is 2.83 bits per heavy atom. The number of rotatable bonds is 0. The molecule has 2 rings (SSSR count). The van der Waals surface area contributed by atoms with Crippen LogP contribution in [0.5, 0.6) is 0 Å². The molecule has 2 heterocycles. The van der Waals surface area contributed by atoms with E-state index >= 15 is 0 Å². The highest BCUT2D eigenvalue weighted by Crippen LogP contribution is 2.10. The lowest BCUT2D eigenvalue weighted by Crippen LogP contribution is -2.39. The van der Waals surface area contributed by atoms with Crippen LogP contribution in [0.4, 0.5) is 0 Å². The van der Waals surface area contributed by atoms with Gasteiger partial charge in [-0.05, 0) is 5.16 Å². The quantitative estimate of drug-likeness (QED) is 0.470. The zero-order chi connectivity index (χ0) is 8.72. The molecule has 9 heteroatoms. The Balaban J connectivity index is 2.40. The first-order valence-electron chi connectivity index (χ1n) is 2.81. The molecule has 0 aliphatic carbocycles. The first-order chi connectivity index (χ1) is 5.68. The molecule has 9 nitrogen and oxygen atoms in total. The van der Waals surface area contributed by atoms with Crippen LogP contribution in [0.3, 0.4) is 0 Å². The largest absolute Gasteiger partial charge is 0.720 e. The SMILES string of the molecule is NC1=NN([O-])N=C2C1=NON2[O-]. The van der Waals surface area contributed by atoms with Crippen molar-refractivity contribution in [1.82, 2.24) is 10.5 Å². The van der Waals surface area contributed by atoms with Gasteiger partial charge in [-0.1, -0.05) is 0 Å². The summed E-state index contributed by atoms with van der Waals surface area (Å²) in [4.78, 5) is 4.13. The molecule has 2 aliphatic rings. The van der Waals surface area contributed by atoms with Gasteiger partial charge in [0.25, 0.3) is 0 Å². The summed E-state index contributed by atoms with van der Waals surface area (Å²) in [6, 6.07) is 0. The van der Waals surface area contributed by atoms with E-state index in [0.717, 1.165) is 0 Å². The Labute approximate surface area is 65.5 Å². The fourth-order valence-corrected chi connectivity index (χ4v) is 0.732. The maximum Gasteiger partial charge on any atom is 0.208 e. The van der Waals surface area contributed by atoms with Gasteiger partial charge in [0.05, 0.1) is 0 Å². The molecular weight excluding hydrogens is 168 g/mol. The van der Waals surface area contributed by atoms with E-state index < -0.39 is 0 Å². The molecule has 12 heavy (non-hydrogen) atoms. The van der Waals surface area contributed by atoms with Crippen LogP contribution in [0.25, 0.3) is 0 Å². The highest BCUT2D eigenvalue weighted by atomic mass is 17.0. The second-order valence-corrected chi connectivity index (χ2v) is 1.94. The Morgan fingerprint density at radius 2 is 2.08 bits per heavy atom. The standard InChI is InChI=1S/C3H2N6O3/c4-2-1-3(6-9(11)5-2)8(10)12-7-1/h(H2,4,5)/q-2. The van der Waals surface area contributed by atoms with Gasteiger partial charge in [-0.3, -0.25) is 4.94 Å². The van der Waals surface area contributed by atoms with Crippen molar-refractivity contribution in [1.29, 1.82) is 0 Å². The summed E-state index contributed by atoms with van der Waals surface area (Å²) < 4.78 is 0. The number of amidine groups is 2. The van der Waals surface area contributed by atoms with E-state index in [0.29, 0.717) is 0 Å². The molecule has 2 N–H and O–H groups in total. The molecule has 0 saturated heterocycles. The third kappa shape index (κ3) is 0.773. The van der Waals surface area contributed by atoms with Crippen LogP contribution in [0.1, 0.15) is 0 Å². The Morgan fingerprint density at radius 1 is 1.33 bits per heavy atom. The number of fused-ring (bicyclic) bond motifs is 1. The van der Waals surface area contributed by atoms with Gasteiger partial charge in [-0.25, -0.2) is 10.5 Å². The zero-order valence-corrected chi connectivity index (χ0v) is 5.54. The predicted octanol–water partition coefficient (Wildman–Crippen LogP) is -1.51. The minimum absolute atomic E-state index is 0.0260. The van der Waals surface area contributed by atoms with E-state index in [1.54, 1.807) is 0 Å². The first kappa shape index (κ1) is 6.82. The molecule has 0 amide bonds. The molecule has 0 saturated carbocycles. The van der Waals surface area contributed by atoms with Crippen molar-refractivity contribution in [2.45, 2.75) is 0 Å². The summed E-state index contributed by atoms with van der Waals surface area (Å²) in [5.74, 6) is -0.495. The Bertz CT molecular complexity index is 307. The molecule has 0 atom stereocenters. The second-order valence-electron chi connectivity index (χ2n) is 1.94. The summed E-state index contributed by atoms with van der Waals surface area (Å²) in [5.41, 5.74) is 5.19. The number of nitrogens with two attached hydrogens (primary N) is 1. The van der Waals surface area contributed by atoms with Crippen molar-refractivity contribution in [3.05, 3.63) is 10.4 Å². The van der Waals surface area contributed by atoms with Gasteiger partial charge >= 0.3 is 0 Å². The maximum atomic E-state index is 10.7. The third-order valence-electron chi connectivity index (χ3n) is 1.21. The number of hydrogen-bond donors (Lipinski definition) is 1. The highest BCUT2D eigenvalue weighted by Gasteiger charge is 2.27. The van der Waals surface area contributed by atoms with Gasteiger partial charge in [0.1, 0.15) is 0 Å². The lowest BCUT2D eigenvalue weighted by Gasteiger charge is -2.26. The molecule has 0 unspecified atom stereocenters. The van der Waals surface area contributed by atoms with Crippen LogP contribution >= 0.6 is 0 Å². The lowest BCUT2D eigenvalue weighted by molar-refractivity contribution is -0.0460. The lowest BCUT2D eigenvalue weighted by atomic mass is 10.3. The van der Waals surface area contributed by atoms with Crippen molar-refractivity contribution >= 4 is 17.4 Å². The first-order valence-corrected chi connectivity index (χ1v) is 2.81. The Kier molecular flexibility index (Phi) is 1.17. The van der Waals surface area contributed by atoms with Crippen molar-refractivity contribution in [3.8, 4) is 0 Å². The van der Waals surface area contributed by atoms with Crippen molar-refractivity contribution < 1.29 is 4.94 Å². The molecule has 2 aliphatic heterocycles. The number of hydroxylamine groups is 2. The third-order valence-corrected chi connectivity index (χ3v) is 1.21. The Hall–Kier alpha value is -1.87. The summed E-state index contributed by atoms with van der Waals surface area (Å²) >= 11 is 0. The van der Waals surface area contributed by atoms with Gasteiger partial charge < -0.3 is 16.1 Å². The van der Waals surface area contributed by atoms with E-state index in [2.05, 4.69) is 20.3 Å². The maximum absolute atomic E-state index is 10.7. The summed E-state index contributed by atoms with van der Waals surface area (Å²) in [6.07, 6.45) is 0. The van der Waals surface area contributed by atoms with Crippen LogP contribution in [0, 0.1) is 10.4 Å². The second kappa shape index (κ2) is 2.06. The van der Waals surface area contributed by atoms with Crippen LogP contribution in [-0.4, -0.2) is 27.9 Å². The topological polar surface area (TPSA) is 125 Å². The van der Waals surface area contributed by atoms with E-state index in [1.807, 2.05) is 0 Å². The van der Waals surface area contributed by atoms with E-state index in [1.165, 1.54) is 0 Å². The van der Waals surface area contributed by atoms with E-state index in [9.17, 15) is 10.4 Å². The van der Waals surface area contributed by atoms with Gasteiger partial charge in [-0.2, -0.15) is 0 Å². The summed E-state index contributed by atoms with van der Waals surface area (Å²) in [6.45, 7) is 0. The predicted molar refractivity (Wildman–Crippen MR) is 38.0 cm³/mol. The number of hydrogen-bond acceptors (Lipinski definition) is 9. The van der Waals surface area contributed by atoms with Crippen LogP contribution in [-0.2, 0) is 4.94 Å². The molecular formula is C3H2N6O3-2. The van der Waals surface area contributed by atoms with Crippen molar-refractivity contribution in [3.63, 3.8) is 0 Å². The monoisotopic (exact) mass is 170 g/mol. The highest BCUT2D eigenvalue weighted by molar-refractivity contribution is 6.68. The van der Waals surface area contributed by atoms with Gasteiger partial charge in [0, 0.05) is 0 Å². The molecule has 0 aromatic carbocycles. The molecule has 0 aromatic heterocycles. The van der Waals surface area contributed by atoms with E-state index in [-0.39, 0.29) is 27.9 Å². The number of oxime groups is 1. The molecule has 0 fully saturated rings. The number of nitrogens with zero attached hydrogens (tertiary/aromatic N) is 5. The molecule has 0 radical (unpaired) electrons. The van der Waals surface area contributed by atoms with E-state index in [4.69, 9.17) is 5.73 Å². The fourth-order valence-electron chi connectivity index (χ4n) is 0.732. The van der Waals surface area contributed by atoms with Crippen LogP contribution in [0.2, 0.25) is 0 Å². The van der Waals surface area contributed by atoms with Gasteiger partial charge in [-0.15, -0.1) is 10.2 Å². The van der Waals surface area contributed by atoms with Crippen molar-refractivity contribution in [2.75, 3.05) is 0 Å². The molecule has 0 aromatic rings.